The molecule has 1 heterocycles. The molecule has 2 N–H and O–H groups in total. The Labute approximate surface area is 115 Å². The number of benzene rings is 1. The van der Waals surface area contributed by atoms with Gasteiger partial charge in [0.05, 0.1) is 0 Å². The monoisotopic (exact) mass is 266 g/mol. The first-order valence-corrected chi connectivity index (χ1v) is 7.24. The van der Waals surface area contributed by atoms with Gasteiger partial charge in [0.1, 0.15) is 0 Å². The molecule has 1 saturated heterocycles. The van der Waals surface area contributed by atoms with Crippen LogP contribution in [0.5, 0.6) is 0 Å². The van der Waals surface area contributed by atoms with Crippen LogP contribution < -0.4 is 5.73 Å². The highest BCUT2D eigenvalue weighted by atomic mass is 35.5. The molecule has 1 unspecified atom stereocenters. The predicted molar refractivity (Wildman–Crippen MR) is 77.9 cm³/mol. The molecule has 0 saturated carbocycles. The fraction of sp³-hybridized carbons (Fsp3) is 0.600. The number of nitrogens with zero attached hydrogens (tertiary/aromatic N) is 1. The average molecular weight is 267 g/mol. The molecular weight excluding hydrogens is 244 g/mol. The van der Waals surface area contributed by atoms with Crippen molar-refractivity contribution in [1.82, 2.24) is 4.90 Å². The number of nitrogens with two attached hydrogens (primary N) is 1. The number of aryl methyl sites for hydroxylation is 1. The number of piperidine rings is 1. The summed E-state index contributed by atoms with van der Waals surface area (Å²) in [7, 11) is 0. The molecule has 0 bridgehead atoms. The number of hydrogen-bond donors (Lipinski definition) is 1. The highest BCUT2D eigenvalue weighted by Gasteiger charge is 2.19. The minimum Gasteiger partial charge on any atom is -0.330 e. The first kappa shape index (κ1) is 13.9. The molecule has 0 amide bonds. The summed E-state index contributed by atoms with van der Waals surface area (Å²) < 4.78 is 0. The lowest BCUT2D eigenvalue weighted by Gasteiger charge is -2.32. The van der Waals surface area contributed by atoms with E-state index in [1.54, 1.807) is 0 Å². The summed E-state index contributed by atoms with van der Waals surface area (Å²) in [5, 5.41) is 0.878. The fourth-order valence-corrected chi connectivity index (χ4v) is 2.96. The third-order valence-electron chi connectivity index (χ3n) is 3.82. The van der Waals surface area contributed by atoms with Gasteiger partial charge >= 0.3 is 0 Å². The normalized spacial score (nSPS) is 21.2. The van der Waals surface area contributed by atoms with Gasteiger partial charge < -0.3 is 5.73 Å². The number of hydrogen-bond acceptors (Lipinski definition) is 2. The fourth-order valence-electron chi connectivity index (χ4n) is 2.76. The zero-order chi connectivity index (χ0) is 13.0. The second-order valence-electron chi connectivity index (χ2n) is 5.40. The minimum atomic E-state index is 0.782. The smallest absolute Gasteiger partial charge is 0.0438 e. The van der Waals surface area contributed by atoms with Crippen LogP contribution >= 0.6 is 11.6 Å². The maximum Gasteiger partial charge on any atom is 0.0438 e. The molecule has 2 nitrogen and oxygen atoms in total. The molecule has 0 aromatic heterocycles. The van der Waals surface area contributed by atoms with E-state index in [0.717, 1.165) is 36.0 Å². The molecular formula is C15H23ClN2. The SMILES string of the molecule is Cc1ccc(CN2CCCC(CCN)C2)cc1Cl. The molecule has 1 aromatic rings. The summed E-state index contributed by atoms with van der Waals surface area (Å²) in [5.41, 5.74) is 8.13. The Morgan fingerprint density at radius 1 is 1.44 bits per heavy atom. The summed E-state index contributed by atoms with van der Waals surface area (Å²) in [4.78, 5) is 2.53. The molecule has 100 valence electrons. The van der Waals surface area contributed by atoms with Gasteiger partial charge in [0.2, 0.25) is 0 Å². The van der Waals surface area contributed by atoms with Gasteiger partial charge in [0, 0.05) is 18.1 Å². The first-order chi connectivity index (χ1) is 8.69. The van der Waals surface area contributed by atoms with Crippen LogP contribution in [0.1, 0.15) is 30.4 Å². The first-order valence-electron chi connectivity index (χ1n) is 6.86. The molecule has 0 spiro atoms. The van der Waals surface area contributed by atoms with Crippen molar-refractivity contribution in [3.8, 4) is 0 Å². The Morgan fingerprint density at radius 2 is 2.28 bits per heavy atom. The third-order valence-corrected chi connectivity index (χ3v) is 4.23. The van der Waals surface area contributed by atoms with Crippen LogP contribution in [-0.2, 0) is 6.54 Å². The van der Waals surface area contributed by atoms with Crippen LogP contribution in [0.15, 0.2) is 18.2 Å². The van der Waals surface area contributed by atoms with E-state index in [0.29, 0.717) is 0 Å². The summed E-state index contributed by atoms with van der Waals surface area (Å²) in [5.74, 6) is 0.782. The van der Waals surface area contributed by atoms with E-state index in [9.17, 15) is 0 Å². The van der Waals surface area contributed by atoms with Gasteiger partial charge in [-0.15, -0.1) is 0 Å². The molecule has 18 heavy (non-hydrogen) atoms. The lowest BCUT2D eigenvalue weighted by molar-refractivity contribution is 0.163. The maximum absolute atomic E-state index is 6.17. The van der Waals surface area contributed by atoms with Crippen molar-refractivity contribution >= 4 is 11.6 Å². The second kappa shape index (κ2) is 6.55. The predicted octanol–water partition coefficient (Wildman–Crippen LogP) is 3.21. The van der Waals surface area contributed by atoms with Crippen molar-refractivity contribution in [2.75, 3.05) is 19.6 Å². The van der Waals surface area contributed by atoms with E-state index in [1.165, 1.54) is 31.5 Å². The van der Waals surface area contributed by atoms with Crippen LogP contribution in [0.4, 0.5) is 0 Å². The van der Waals surface area contributed by atoms with E-state index < -0.39 is 0 Å². The zero-order valence-electron chi connectivity index (χ0n) is 11.2. The molecule has 1 fully saturated rings. The minimum absolute atomic E-state index is 0.782. The molecule has 1 aliphatic heterocycles. The lowest BCUT2D eigenvalue weighted by atomic mass is 9.94. The largest absolute Gasteiger partial charge is 0.330 e. The lowest BCUT2D eigenvalue weighted by Crippen LogP contribution is -2.35. The second-order valence-corrected chi connectivity index (χ2v) is 5.81. The van der Waals surface area contributed by atoms with Gasteiger partial charge in [-0.3, -0.25) is 4.90 Å². The number of halogens is 1. The Bertz CT molecular complexity index is 390. The van der Waals surface area contributed by atoms with E-state index >= 15 is 0 Å². The zero-order valence-corrected chi connectivity index (χ0v) is 11.9. The van der Waals surface area contributed by atoms with Gasteiger partial charge in [0.15, 0.2) is 0 Å². The van der Waals surface area contributed by atoms with Crippen molar-refractivity contribution in [3.63, 3.8) is 0 Å². The van der Waals surface area contributed by atoms with Crippen LogP contribution in [0, 0.1) is 12.8 Å². The van der Waals surface area contributed by atoms with E-state index in [2.05, 4.69) is 23.1 Å². The van der Waals surface area contributed by atoms with Crippen molar-refractivity contribution in [2.45, 2.75) is 32.7 Å². The highest BCUT2D eigenvalue weighted by Crippen LogP contribution is 2.22. The van der Waals surface area contributed by atoms with Crippen molar-refractivity contribution < 1.29 is 0 Å². The van der Waals surface area contributed by atoms with Gasteiger partial charge in [-0.05, 0) is 62.4 Å². The molecule has 2 rings (SSSR count). The molecule has 0 radical (unpaired) electrons. The number of rotatable bonds is 4. The molecule has 1 atom stereocenters. The Balaban J connectivity index is 1.93. The van der Waals surface area contributed by atoms with Crippen LogP contribution in [-0.4, -0.2) is 24.5 Å². The Kier molecular flexibility index (Phi) is 5.04. The Hall–Kier alpha value is -0.570. The summed E-state index contributed by atoms with van der Waals surface area (Å²) >= 11 is 6.17. The summed E-state index contributed by atoms with van der Waals surface area (Å²) in [6.45, 7) is 6.26. The average Bonchev–Trinajstić information content (AvgIpc) is 2.35. The topological polar surface area (TPSA) is 29.3 Å². The highest BCUT2D eigenvalue weighted by molar-refractivity contribution is 6.31. The van der Waals surface area contributed by atoms with Crippen molar-refractivity contribution in [2.24, 2.45) is 11.7 Å². The number of likely N-dealkylation sites (tertiary alicyclic amines) is 1. The van der Waals surface area contributed by atoms with Gasteiger partial charge in [-0.2, -0.15) is 0 Å². The summed E-state index contributed by atoms with van der Waals surface area (Å²) in [6, 6.07) is 6.40. The van der Waals surface area contributed by atoms with E-state index in [4.69, 9.17) is 17.3 Å². The molecule has 1 aromatic carbocycles. The molecule has 0 aliphatic carbocycles. The van der Waals surface area contributed by atoms with Crippen LogP contribution in [0.25, 0.3) is 0 Å². The standard InChI is InChI=1S/C15H23ClN2/c1-12-4-5-14(9-15(12)16)11-18-8-2-3-13(10-18)6-7-17/h4-5,9,13H,2-3,6-8,10-11,17H2,1H3. The quantitative estimate of drug-likeness (QED) is 0.907. The van der Waals surface area contributed by atoms with Gasteiger partial charge in [-0.25, -0.2) is 0 Å². The van der Waals surface area contributed by atoms with Crippen LogP contribution in [0.3, 0.4) is 0 Å². The van der Waals surface area contributed by atoms with Gasteiger partial charge in [0.25, 0.3) is 0 Å². The van der Waals surface area contributed by atoms with Crippen molar-refractivity contribution in [3.05, 3.63) is 34.3 Å². The van der Waals surface area contributed by atoms with Gasteiger partial charge in [-0.1, -0.05) is 23.7 Å². The van der Waals surface area contributed by atoms with E-state index in [1.807, 2.05) is 6.92 Å². The third kappa shape index (κ3) is 3.71. The van der Waals surface area contributed by atoms with Crippen LogP contribution in [0.2, 0.25) is 5.02 Å². The molecule has 3 heteroatoms. The maximum atomic E-state index is 6.17. The van der Waals surface area contributed by atoms with Crippen molar-refractivity contribution in [1.29, 1.82) is 0 Å². The summed E-state index contributed by atoms with van der Waals surface area (Å²) in [6.07, 6.45) is 3.79. The Morgan fingerprint density at radius 3 is 3.00 bits per heavy atom. The molecule has 1 aliphatic rings. The van der Waals surface area contributed by atoms with E-state index in [-0.39, 0.29) is 0 Å².